The summed E-state index contributed by atoms with van der Waals surface area (Å²) in [6.45, 7) is 0. The summed E-state index contributed by atoms with van der Waals surface area (Å²) in [5, 5.41) is 31.2. The van der Waals surface area contributed by atoms with Crippen molar-refractivity contribution in [3.63, 3.8) is 0 Å². The number of allylic oxidation sites excluding steroid dienone is 1. The number of esters is 1. The second kappa shape index (κ2) is 11.2. The van der Waals surface area contributed by atoms with Gasteiger partial charge in [0, 0.05) is 12.3 Å². The second-order valence-electron chi connectivity index (χ2n) is 10.4. The Labute approximate surface area is 222 Å². The van der Waals surface area contributed by atoms with E-state index in [1.807, 2.05) is 54.6 Å². The molecule has 0 spiro atoms. The molecule has 0 radical (unpaired) electrons. The summed E-state index contributed by atoms with van der Waals surface area (Å²) < 4.78 is 5.79. The number of hydrogen-bond acceptors (Lipinski definition) is 5. The highest BCUT2D eigenvalue weighted by atomic mass is 16.5. The molecule has 0 unspecified atom stereocenters. The molecule has 2 aliphatic rings. The molecule has 196 valence electrons. The summed E-state index contributed by atoms with van der Waals surface area (Å²) in [5.74, 6) is -2.84. The topological polar surface area (TPSA) is 104 Å². The van der Waals surface area contributed by atoms with E-state index in [9.17, 15) is 24.9 Å². The average Bonchev–Trinajstić information content (AvgIpc) is 3.47. The standard InChI is InChI=1S/C32H32O6/c33-27(15-10-20-16-24-8-4-5-9-25(24)17-20)31-26(18-30(35)36)28(34)19-29(31)38-32(37)23-13-11-22(12-14-23)21-6-2-1-3-7-21/h1-9,11-15,20,26,28-29,31,33-34H,10,16-19H2,(H,35,36)/t26-,28-,29-,31-/m0/s1. The third-order valence-electron chi connectivity index (χ3n) is 7.86. The van der Waals surface area contributed by atoms with Crippen molar-refractivity contribution < 1.29 is 29.6 Å². The van der Waals surface area contributed by atoms with E-state index in [1.165, 1.54) is 11.1 Å². The van der Waals surface area contributed by atoms with Gasteiger partial charge in [-0.1, -0.05) is 66.7 Å². The highest BCUT2D eigenvalue weighted by Crippen LogP contribution is 2.41. The Balaban J connectivity index is 1.30. The first kappa shape index (κ1) is 25.7. The first-order valence-corrected chi connectivity index (χ1v) is 13.1. The number of benzene rings is 3. The van der Waals surface area contributed by atoms with Crippen LogP contribution in [0.2, 0.25) is 0 Å². The number of aliphatic carboxylic acids is 1. The molecule has 6 nitrogen and oxygen atoms in total. The van der Waals surface area contributed by atoms with Crippen LogP contribution in [0.4, 0.5) is 0 Å². The Morgan fingerprint density at radius 1 is 0.842 bits per heavy atom. The maximum Gasteiger partial charge on any atom is 0.338 e. The summed E-state index contributed by atoms with van der Waals surface area (Å²) in [6, 6.07) is 25.2. The fourth-order valence-electron chi connectivity index (χ4n) is 5.95. The predicted octanol–water partition coefficient (Wildman–Crippen LogP) is 5.60. The number of aliphatic hydroxyl groups excluding tert-OH is 2. The first-order chi connectivity index (χ1) is 18.4. The van der Waals surface area contributed by atoms with E-state index in [4.69, 9.17) is 4.74 Å². The van der Waals surface area contributed by atoms with Crippen molar-refractivity contribution in [2.45, 2.75) is 44.3 Å². The first-order valence-electron chi connectivity index (χ1n) is 13.1. The molecule has 4 atom stereocenters. The zero-order valence-electron chi connectivity index (χ0n) is 21.1. The normalized spacial score (nSPS) is 23.2. The molecule has 1 saturated carbocycles. The minimum absolute atomic E-state index is 0.0130. The predicted molar refractivity (Wildman–Crippen MR) is 144 cm³/mol. The molecular formula is C32H32O6. The molecule has 5 rings (SSSR count). The van der Waals surface area contributed by atoms with Crippen molar-refractivity contribution in [3.05, 3.63) is 107 Å². The number of carboxylic acid groups (broad SMARTS) is 1. The quantitative estimate of drug-likeness (QED) is 0.268. The maximum atomic E-state index is 13.0. The SMILES string of the molecule is O=C(O)C[C@@H]1[C@@H](C(O)=CCC2Cc3ccccc3C2)[C@@H](OC(=O)c2ccc(-c3ccccc3)cc2)C[C@@H]1O. The van der Waals surface area contributed by atoms with Crippen LogP contribution in [-0.4, -0.2) is 39.5 Å². The number of hydrogen-bond donors (Lipinski definition) is 3. The smallest absolute Gasteiger partial charge is 0.338 e. The zero-order valence-corrected chi connectivity index (χ0v) is 21.1. The van der Waals surface area contributed by atoms with Gasteiger partial charge in [-0.2, -0.15) is 0 Å². The van der Waals surface area contributed by atoms with E-state index in [0.717, 1.165) is 24.0 Å². The Hall–Kier alpha value is -3.90. The van der Waals surface area contributed by atoms with Gasteiger partial charge < -0.3 is 20.1 Å². The molecule has 3 aromatic rings. The number of carboxylic acids is 1. The van der Waals surface area contributed by atoms with Gasteiger partial charge in [0.2, 0.25) is 0 Å². The fraction of sp³-hybridized carbons (Fsp3) is 0.312. The number of carbonyl (C=O) groups is 2. The highest BCUT2D eigenvalue weighted by molar-refractivity contribution is 5.90. The van der Waals surface area contributed by atoms with Crippen molar-refractivity contribution in [2.75, 3.05) is 0 Å². The lowest BCUT2D eigenvalue weighted by atomic mass is 9.87. The largest absolute Gasteiger partial charge is 0.512 e. The summed E-state index contributed by atoms with van der Waals surface area (Å²) in [4.78, 5) is 24.6. The second-order valence-corrected chi connectivity index (χ2v) is 10.4. The summed E-state index contributed by atoms with van der Waals surface area (Å²) in [6.07, 6.45) is 2.11. The Morgan fingerprint density at radius 3 is 2.08 bits per heavy atom. The van der Waals surface area contributed by atoms with Gasteiger partial charge in [0.15, 0.2) is 0 Å². The molecule has 3 N–H and O–H groups in total. The lowest BCUT2D eigenvalue weighted by Gasteiger charge is -2.24. The van der Waals surface area contributed by atoms with Gasteiger partial charge in [-0.05, 0) is 65.6 Å². The molecule has 1 fully saturated rings. The minimum atomic E-state index is -1.07. The van der Waals surface area contributed by atoms with Crippen molar-refractivity contribution in [2.24, 2.45) is 17.8 Å². The van der Waals surface area contributed by atoms with Gasteiger partial charge in [0.25, 0.3) is 0 Å². The molecule has 0 saturated heterocycles. The molecule has 38 heavy (non-hydrogen) atoms. The van der Waals surface area contributed by atoms with Crippen LogP contribution in [-0.2, 0) is 22.4 Å². The molecule has 0 amide bonds. The Kier molecular flexibility index (Phi) is 7.61. The van der Waals surface area contributed by atoms with Crippen LogP contribution in [0.15, 0.2) is 90.7 Å². The van der Waals surface area contributed by atoms with Crippen molar-refractivity contribution in [3.8, 4) is 11.1 Å². The molecular weight excluding hydrogens is 480 g/mol. The molecule has 2 aliphatic carbocycles. The van der Waals surface area contributed by atoms with Crippen LogP contribution in [0.3, 0.4) is 0 Å². The van der Waals surface area contributed by atoms with Crippen molar-refractivity contribution in [1.82, 2.24) is 0 Å². The molecule has 0 bridgehead atoms. The summed E-state index contributed by atoms with van der Waals surface area (Å²) in [5.41, 5.74) is 4.98. The van der Waals surface area contributed by atoms with Crippen LogP contribution >= 0.6 is 0 Å². The molecule has 0 aromatic heterocycles. The summed E-state index contributed by atoms with van der Waals surface area (Å²) >= 11 is 0. The van der Waals surface area contributed by atoms with Crippen molar-refractivity contribution in [1.29, 1.82) is 0 Å². The number of rotatable bonds is 8. The van der Waals surface area contributed by atoms with Gasteiger partial charge in [-0.15, -0.1) is 0 Å². The molecule has 0 aliphatic heterocycles. The van der Waals surface area contributed by atoms with Gasteiger partial charge in [-0.3, -0.25) is 4.79 Å². The third-order valence-corrected chi connectivity index (χ3v) is 7.86. The highest BCUT2D eigenvalue weighted by Gasteiger charge is 2.47. The van der Waals surface area contributed by atoms with E-state index in [2.05, 4.69) is 12.1 Å². The Morgan fingerprint density at radius 2 is 1.45 bits per heavy atom. The van der Waals surface area contributed by atoms with Crippen LogP contribution in [0.5, 0.6) is 0 Å². The van der Waals surface area contributed by atoms with Crippen LogP contribution < -0.4 is 0 Å². The van der Waals surface area contributed by atoms with Crippen LogP contribution in [0.1, 0.15) is 40.7 Å². The molecule has 0 heterocycles. The van der Waals surface area contributed by atoms with E-state index >= 15 is 0 Å². The van der Waals surface area contributed by atoms with Gasteiger partial charge in [-0.25, -0.2) is 4.79 Å². The lowest BCUT2D eigenvalue weighted by molar-refractivity contribution is -0.139. The van der Waals surface area contributed by atoms with Crippen LogP contribution in [0, 0.1) is 17.8 Å². The minimum Gasteiger partial charge on any atom is -0.512 e. The molecule has 3 aromatic carbocycles. The van der Waals surface area contributed by atoms with E-state index in [1.54, 1.807) is 18.2 Å². The van der Waals surface area contributed by atoms with Crippen molar-refractivity contribution >= 4 is 11.9 Å². The van der Waals surface area contributed by atoms with E-state index < -0.39 is 36.0 Å². The van der Waals surface area contributed by atoms with Gasteiger partial charge >= 0.3 is 11.9 Å². The van der Waals surface area contributed by atoms with E-state index in [0.29, 0.717) is 17.9 Å². The maximum absolute atomic E-state index is 13.0. The number of fused-ring (bicyclic) bond motifs is 1. The number of ether oxygens (including phenoxy) is 1. The zero-order chi connectivity index (χ0) is 26.6. The third kappa shape index (κ3) is 5.65. The monoisotopic (exact) mass is 512 g/mol. The molecule has 6 heteroatoms. The average molecular weight is 513 g/mol. The Bertz CT molecular complexity index is 1290. The van der Waals surface area contributed by atoms with Gasteiger partial charge in [0.1, 0.15) is 6.10 Å². The summed E-state index contributed by atoms with van der Waals surface area (Å²) in [7, 11) is 0. The lowest BCUT2D eigenvalue weighted by Crippen LogP contribution is -2.29. The number of aliphatic hydroxyl groups is 2. The number of carbonyl (C=O) groups excluding carboxylic acids is 1. The van der Waals surface area contributed by atoms with Crippen LogP contribution in [0.25, 0.3) is 11.1 Å². The van der Waals surface area contributed by atoms with Gasteiger partial charge in [0.05, 0.1) is 29.8 Å². The fourth-order valence-corrected chi connectivity index (χ4v) is 5.95. The van der Waals surface area contributed by atoms with E-state index in [-0.39, 0.29) is 18.6 Å².